The van der Waals surface area contributed by atoms with E-state index in [-0.39, 0.29) is 45.4 Å². The molecule has 18 rings (SSSR count). The molecule has 0 saturated carbocycles. The number of ether oxygens (including phenoxy) is 2. The van der Waals surface area contributed by atoms with Crippen LogP contribution < -0.4 is 47.1 Å². The first-order valence-electron chi connectivity index (χ1n) is 43.1. The summed E-state index contributed by atoms with van der Waals surface area (Å²) in [6.45, 7) is 26.7. The molecule has 36 heteroatoms. The minimum atomic E-state index is -0.285. The number of rotatable bonds is 16. The number of Topliss-reactive ketones (excluding diaryl/α,β-unsaturated/α-hetero) is 1. The highest BCUT2D eigenvalue weighted by Crippen LogP contribution is 2.40. The largest absolute Gasteiger partial charge is 0.505 e. The van der Waals surface area contributed by atoms with Gasteiger partial charge in [0.05, 0.1) is 61.8 Å². The number of anilines is 3. The Kier molecular flexibility index (Phi) is 28.7. The number of aryl methyl sites for hydroxylation is 4. The van der Waals surface area contributed by atoms with E-state index in [1.807, 2.05) is 181 Å². The first-order chi connectivity index (χ1) is 62.7. The molecule has 0 atom stereocenters. The number of nitrogens with zero attached hydrogens (tertiary/aromatic N) is 23. The molecule has 0 spiro atoms. The molecule has 0 amide bonds. The van der Waals surface area contributed by atoms with Gasteiger partial charge in [-0.3, -0.25) is 24.0 Å². The SMILES string of the molecule is CC1=C(O)C(=Nc2c(N3CCN(C)CC3)nn3ccccc23)C=CC1=O.CC1=CC(=Nc2c(OCCN(C)C)nn3c(C)c(C)ccc23)C(N)=C(Cl)C1=O.CC1=CC(=Nc2c(OCCN(C)C)nn3c(C)c(C)ccc23)C(N)=CC1=O.CN1CCN(c2nn3ccccc3c2N=C2C=CC(=O)C=C2N)CC1.CN1CCN(c2nn3ccccc3c2N=C2C=CC(N)=CC2=O)CC1. The number of aliphatic hydroxyl groups excluding tert-OH is 1. The summed E-state index contributed by atoms with van der Waals surface area (Å²) in [6, 6.07) is 25.5. The zero-order valence-corrected chi connectivity index (χ0v) is 76.9. The van der Waals surface area contributed by atoms with Gasteiger partial charge < -0.3 is 76.7 Å². The van der Waals surface area contributed by atoms with E-state index in [0.29, 0.717) is 104 Å². The Balaban J connectivity index is 0.000000132. The van der Waals surface area contributed by atoms with Crippen molar-refractivity contribution in [3.63, 3.8) is 0 Å². The van der Waals surface area contributed by atoms with Crippen molar-refractivity contribution in [2.75, 3.05) is 169 Å². The number of allylic oxidation sites excluding steroid dienone is 15. The zero-order chi connectivity index (χ0) is 93.3. The molecule has 35 nitrogen and oxygen atoms in total. The summed E-state index contributed by atoms with van der Waals surface area (Å²) in [6.07, 6.45) is 22.8. The number of carbonyl (C=O) groups excluding carboxylic acids is 5. The van der Waals surface area contributed by atoms with Crippen molar-refractivity contribution < 1.29 is 38.6 Å². The lowest BCUT2D eigenvalue weighted by molar-refractivity contribution is -0.112. The van der Waals surface area contributed by atoms with E-state index in [2.05, 4.69) is 70.7 Å². The summed E-state index contributed by atoms with van der Waals surface area (Å²) in [5.41, 5.74) is 40.7. The van der Waals surface area contributed by atoms with Gasteiger partial charge in [0.2, 0.25) is 11.6 Å². The van der Waals surface area contributed by atoms with Gasteiger partial charge in [0, 0.05) is 157 Å². The summed E-state index contributed by atoms with van der Waals surface area (Å²) in [5, 5.41) is 33.7. The third-order valence-corrected chi connectivity index (χ3v) is 23.6. The molecule has 9 N–H and O–H groups in total. The number of carbonyl (C=O) groups is 5. The minimum absolute atomic E-state index is 0.0164. The Labute approximate surface area is 763 Å². The molecule has 3 fully saturated rings. The summed E-state index contributed by atoms with van der Waals surface area (Å²) < 4.78 is 20.9. The lowest BCUT2D eigenvalue weighted by Gasteiger charge is -2.32. The number of halogens is 1. The van der Waals surface area contributed by atoms with Crippen LogP contribution in [0.3, 0.4) is 0 Å². The van der Waals surface area contributed by atoms with E-state index in [4.69, 9.17) is 74.3 Å². The van der Waals surface area contributed by atoms with E-state index in [1.165, 1.54) is 30.4 Å². The molecule has 13 heterocycles. The zero-order valence-electron chi connectivity index (χ0n) is 76.2. The molecule has 10 aromatic rings. The number of piperazine rings is 3. The second-order valence-corrected chi connectivity index (χ2v) is 33.8. The normalized spacial score (nSPS) is 18.8. The predicted molar refractivity (Wildman–Crippen MR) is 517 cm³/mol. The number of aliphatic imine (C=N–C) groups is 5. The summed E-state index contributed by atoms with van der Waals surface area (Å²) in [7, 11) is 14.3. The number of pyridine rings is 5. The number of aliphatic hydroxyl groups is 1. The highest BCUT2D eigenvalue weighted by Gasteiger charge is 2.31. The fourth-order valence-electron chi connectivity index (χ4n) is 14.8. The van der Waals surface area contributed by atoms with Gasteiger partial charge in [0.15, 0.2) is 46.2 Å². The van der Waals surface area contributed by atoms with Crippen LogP contribution in [-0.2, 0) is 24.0 Å². The molecule has 131 heavy (non-hydrogen) atoms. The van der Waals surface area contributed by atoms with Crippen LogP contribution in [0, 0.1) is 27.7 Å². The number of aromatic nitrogens is 10. The number of hydrogen-bond acceptors (Lipinski definition) is 30. The van der Waals surface area contributed by atoms with Gasteiger partial charge in [-0.1, -0.05) is 41.9 Å². The smallest absolute Gasteiger partial charge is 0.260 e. The first-order valence-corrected chi connectivity index (χ1v) is 43.4. The van der Waals surface area contributed by atoms with Crippen molar-refractivity contribution in [2.24, 2.45) is 47.9 Å². The first kappa shape index (κ1) is 92.8. The lowest BCUT2D eigenvalue weighted by atomic mass is 10.0. The van der Waals surface area contributed by atoms with Gasteiger partial charge in [-0.15, -0.1) is 25.5 Å². The Morgan fingerprint density at radius 1 is 0.412 bits per heavy atom. The van der Waals surface area contributed by atoms with Crippen molar-refractivity contribution in [3.8, 4) is 11.8 Å². The standard InChI is InChI=1S/C20H24ClN5O2.C20H25N5O2.C19H21N5O2.2C18H20N6O/c1-11-6-7-15-18(23-14-10-12(2)19(27)16(21)17(14)22)20(24-26(15)13(11)3)28-9-8-25(4)5;1-12-6-7-17-19(22-16-10-13(2)18(26)11-15(16)21)20(23-25(17)14(12)3)27-9-8-24(4)5;1-13-16(25)7-6-14(18(13)26)20-17-15-5-3-4-8-24(15)21-19(17)23-11-9-22(2)10-12-23;1-22-8-10-23(11-9-22)18-17(16-4-2-3-7-24(16)21-18)20-15-6-5-13(25)12-14(15)19;1-22-8-10-23(11-9-22)18-17(15-4-2-3-7-24(15)21-18)20-14-6-5-13(19)12-16(14)25/h6-7,10H,8-9,22H2,1-5H3;6-7,10-11H,8-9,21H2,1-5H3;3-8,26H,9-12H2,1-2H3;2*2-7,12H,8-11,19H2,1H3. The van der Waals surface area contributed by atoms with Crippen molar-refractivity contribution in [1.29, 1.82) is 0 Å². The molecule has 8 aliphatic rings. The molecular weight excluding hydrogens is 1680 g/mol. The van der Waals surface area contributed by atoms with Crippen molar-refractivity contribution in [3.05, 3.63) is 237 Å². The minimum Gasteiger partial charge on any atom is -0.505 e. The number of ketones is 5. The van der Waals surface area contributed by atoms with Crippen LogP contribution in [-0.4, -0.2) is 289 Å². The molecule has 10 aromatic heterocycles. The van der Waals surface area contributed by atoms with Crippen LogP contribution in [0.25, 0.3) is 27.6 Å². The quantitative estimate of drug-likeness (QED) is 0.0443. The van der Waals surface area contributed by atoms with Gasteiger partial charge in [-0.2, -0.15) is 0 Å². The molecule has 0 unspecified atom stereocenters. The highest BCUT2D eigenvalue weighted by atomic mass is 35.5. The topological polar surface area (TPSA) is 402 Å². The molecule has 3 aliphatic heterocycles. The van der Waals surface area contributed by atoms with Crippen molar-refractivity contribution >= 4 is 143 Å². The molecule has 3 saturated heterocycles. The number of nitrogens with two attached hydrogens (primary N) is 4. The number of fused-ring (bicyclic) bond motifs is 5. The van der Waals surface area contributed by atoms with Crippen molar-refractivity contribution in [1.82, 2.24) is 72.6 Å². The van der Waals surface area contributed by atoms with Gasteiger partial charge in [0.25, 0.3) is 11.8 Å². The van der Waals surface area contributed by atoms with Crippen LogP contribution >= 0.6 is 11.6 Å². The Hall–Kier alpha value is -14.4. The van der Waals surface area contributed by atoms with Crippen LogP contribution in [0.1, 0.15) is 43.3 Å². The molecular formula is C95H110ClN27O8. The third kappa shape index (κ3) is 21.2. The van der Waals surface area contributed by atoms with Crippen LogP contribution in [0.15, 0.2) is 240 Å². The number of likely N-dealkylation sites (N-methyl/N-ethyl adjacent to an activating group) is 5. The second-order valence-electron chi connectivity index (χ2n) is 33.4. The van der Waals surface area contributed by atoms with E-state index in [9.17, 15) is 29.1 Å². The van der Waals surface area contributed by atoms with E-state index in [1.54, 1.807) is 61.7 Å². The maximum Gasteiger partial charge on any atom is 0.260 e. The average molecular weight is 1790 g/mol. The summed E-state index contributed by atoms with van der Waals surface area (Å²) >= 11 is 6.10. The Morgan fingerprint density at radius 2 is 0.817 bits per heavy atom. The lowest BCUT2D eigenvalue weighted by Crippen LogP contribution is -2.44. The van der Waals surface area contributed by atoms with E-state index >= 15 is 0 Å². The molecule has 0 aromatic carbocycles. The third-order valence-electron chi connectivity index (χ3n) is 23.2. The fourth-order valence-corrected chi connectivity index (χ4v) is 15.1. The van der Waals surface area contributed by atoms with Crippen LogP contribution in [0.2, 0.25) is 0 Å². The van der Waals surface area contributed by atoms with Gasteiger partial charge in [0.1, 0.15) is 52.5 Å². The van der Waals surface area contributed by atoms with Crippen LogP contribution in [0.4, 0.5) is 45.9 Å². The highest BCUT2D eigenvalue weighted by molar-refractivity contribution is 6.50. The van der Waals surface area contributed by atoms with E-state index in [0.717, 1.165) is 171 Å². The summed E-state index contributed by atoms with van der Waals surface area (Å²) in [4.78, 5) is 100. The van der Waals surface area contributed by atoms with Gasteiger partial charge >= 0.3 is 0 Å². The summed E-state index contributed by atoms with van der Waals surface area (Å²) in [5.74, 6) is 2.39. The van der Waals surface area contributed by atoms with E-state index < -0.39 is 0 Å². The maximum absolute atomic E-state index is 12.2. The molecule has 0 bridgehead atoms. The molecule has 680 valence electrons. The molecule has 0 radical (unpaired) electrons. The maximum atomic E-state index is 12.2. The predicted octanol–water partition coefficient (Wildman–Crippen LogP) is 9.65. The average Bonchev–Trinajstić information content (AvgIpc) is 1.66. The molecule has 5 aliphatic carbocycles. The Morgan fingerprint density at radius 3 is 1.26 bits per heavy atom. The number of hydrogen-bond donors (Lipinski definition) is 5. The monoisotopic (exact) mass is 1790 g/mol. The fraction of sp³-hybridized carbons (Fsp3) is 0.316. The van der Waals surface area contributed by atoms with Gasteiger partial charge in [-0.25, -0.2) is 47.5 Å². The second kappa shape index (κ2) is 40.5. The van der Waals surface area contributed by atoms with Crippen molar-refractivity contribution in [2.45, 2.75) is 48.5 Å². The van der Waals surface area contributed by atoms with Crippen LogP contribution in [0.5, 0.6) is 11.8 Å². The Bertz CT molecular complexity index is 6670. The van der Waals surface area contributed by atoms with Gasteiger partial charge in [-0.05, 0) is 212 Å².